The number of tetrazole rings is 1. The molecule has 2 amide bonds. The summed E-state index contributed by atoms with van der Waals surface area (Å²) in [5.41, 5.74) is 1.06. The maximum atomic E-state index is 14.3. The van der Waals surface area contributed by atoms with E-state index in [-0.39, 0.29) is 23.4 Å². The Kier molecular flexibility index (Phi) is 6.71. The summed E-state index contributed by atoms with van der Waals surface area (Å²) in [4.78, 5) is 27.5. The third kappa shape index (κ3) is 4.82. The molecule has 0 saturated carbocycles. The molecule has 4 rings (SSSR count). The quantitative estimate of drug-likeness (QED) is 0.592. The van der Waals surface area contributed by atoms with Crippen LogP contribution in [0.25, 0.3) is 5.69 Å². The van der Waals surface area contributed by atoms with E-state index in [1.165, 1.54) is 37.1 Å². The van der Waals surface area contributed by atoms with Crippen LogP contribution < -0.4 is 14.8 Å². The number of anilines is 1. The van der Waals surface area contributed by atoms with Gasteiger partial charge in [-0.2, -0.15) is 4.68 Å². The van der Waals surface area contributed by atoms with E-state index in [1.54, 1.807) is 30.0 Å². The van der Waals surface area contributed by atoms with E-state index in [0.29, 0.717) is 54.5 Å². The lowest BCUT2D eigenvalue weighted by molar-refractivity contribution is -0.121. The first-order chi connectivity index (χ1) is 16.4. The van der Waals surface area contributed by atoms with Gasteiger partial charge in [-0.25, -0.2) is 4.39 Å². The van der Waals surface area contributed by atoms with Gasteiger partial charge in [0.25, 0.3) is 5.91 Å². The van der Waals surface area contributed by atoms with Crippen LogP contribution >= 0.6 is 0 Å². The standard InChI is InChI=1S/C23H25FN6O4/c1-14-26-27-28-30(14)21-12-17(4-5-20(21)24)25-22(31)15-6-8-29(9-7-15)23(32)16-10-18(33-2)13-19(11-16)34-3/h4-5,10-13,15H,6-9H2,1-3H3,(H,25,31). The Morgan fingerprint density at radius 3 is 2.32 bits per heavy atom. The monoisotopic (exact) mass is 468 g/mol. The first-order valence-electron chi connectivity index (χ1n) is 10.8. The fourth-order valence-electron chi connectivity index (χ4n) is 3.91. The minimum Gasteiger partial charge on any atom is -0.497 e. The average molecular weight is 468 g/mol. The fraction of sp³-hybridized carbons (Fsp3) is 0.348. The van der Waals surface area contributed by atoms with E-state index in [9.17, 15) is 14.0 Å². The molecule has 11 heteroatoms. The Bertz CT molecular complexity index is 1180. The Labute approximate surface area is 195 Å². The summed E-state index contributed by atoms with van der Waals surface area (Å²) >= 11 is 0. The zero-order valence-corrected chi connectivity index (χ0v) is 19.1. The van der Waals surface area contributed by atoms with E-state index < -0.39 is 5.82 Å². The number of aryl methyl sites for hydroxylation is 1. The van der Waals surface area contributed by atoms with E-state index in [4.69, 9.17) is 9.47 Å². The van der Waals surface area contributed by atoms with Gasteiger partial charge < -0.3 is 19.7 Å². The van der Waals surface area contributed by atoms with Gasteiger partial charge in [0.1, 0.15) is 23.0 Å². The van der Waals surface area contributed by atoms with Gasteiger partial charge in [-0.05, 0) is 60.5 Å². The van der Waals surface area contributed by atoms with E-state index in [1.807, 2.05) is 0 Å². The largest absolute Gasteiger partial charge is 0.497 e. The highest BCUT2D eigenvalue weighted by atomic mass is 19.1. The van der Waals surface area contributed by atoms with Gasteiger partial charge in [0, 0.05) is 36.3 Å². The summed E-state index contributed by atoms with van der Waals surface area (Å²) in [5.74, 6) is 0.395. The van der Waals surface area contributed by atoms with Gasteiger partial charge in [-0.3, -0.25) is 9.59 Å². The molecule has 34 heavy (non-hydrogen) atoms. The van der Waals surface area contributed by atoms with Crippen molar-refractivity contribution in [2.24, 2.45) is 5.92 Å². The smallest absolute Gasteiger partial charge is 0.254 e. The number of aromatic nitrogens is 4. The van der Waals surface area contributed by atoms with Crippen LogP contribution in [0.5, 0.6) is 11.5 Å². The topological polar surface area (TPSA) is 111 Å². The van der Waals surface area contributed by atoms with Crippen molar-refractivity contribution < 1.29 is 23.5 Å². The summed E-state index contributed by atoms with van der Waals surface area (Å²) in [6.07, 6.45) is 1.03. The molecule has 0 spiro atoms. The SMILES string of the molecule is COc1cc(OC)cc(C(=O)N2CCC(C(=O)Nc3ccc(F)c(-n4nnnc4C)c3)CC2)c1. The van der Waals surface area contributed by atoms with Crippen molar-refractivity contribution in [2.45, 2.75) is 19.8 Å². The number of likely N-dealkylation sites (tertiary alicyclic amines) is 1. The third-order valence-electron chi connectivity index (χ3n) is 5.82. The molecule has 0 bridgehead atoms. The second-order valence-corrected chi connectivity index (χ2v) is 7.96. The highest BCUT2D eigenvalue weighted by Gasteiger charge is 2.28. The molecule has 1 aliphatic heterocycles. The molecule has 1 N–H and O–H groups in total. The molecule has 2 heterocycles. The van der Waals surface area contributed by atoms with Gasteiger partial charge in [-0.1, -0.05) is 0 Å². The number of rotatable bonds is 6. The van der Waals surface area contributed by atoms with Crippen LogP contribution in [-0.4, -0.2) is 64.2 Å². The maximum Gasteiger partial charge on any atom is 0.254 e. The van der Waals surface area contributed by atoms with Crippen molar-refractivity contribution in [2.75, 3.05) is 32.6 Å². The summed E-state index contributed by atoms with van der Waals surface area (Å²) in [7, 11) is 3.06. The number of amides is 2. The van der Waals surface area contributed by atoms with Crippen LogP contribution in [0, 0.1) is 18.7 Å². The number of ether oxygens (including phenoxy) is 2. The minimum absolute atomic E-state index is 0.143. The van der Waals surface area contributed by atoms with Gasteiger partial charge in [0.15, 0.2) is 5.82 Å². The second kappa shape index (κ2) is 9.86. The molecule has 178 valence electrons. The number of methoxy groups -OCH3 is 2. The van der Waals surface area contributed by atoms with E-state index in [2.05, 4.69) is 20.8 Å². The van der Waals surface area contributed by atoms with Gasteiger partial charge in [0.2, 0.25) is 5.91 Å². The molecule has 0 aliphatic carbocycles. The lowest BCUT2D eigenvalue weighted by Gasteiger charge is -2.31. The molecule has 1 fully saturated rings. The molecule has 0 radical (unpaired) electrons. The van der Waals surface area contributed by atoms with Crippen LogP contribution in [0.4, 0.5) is 10.1 Å². The molecule has 10 nitrogen and oxygen atoms in total. The molecule has 1 saturated heterocycles. The van der Waals surface area contributed by atoms with Crippen LogP contribution in [0.15, 0.2) is 36.4 Å². The maximum absolute atomic E-state index is 14.3. The fourth-order valence-corrected chi connectivity index (χ4v) is 3.91. The summed E-state index contributed by atoms with van der Waals surface area (Å²) < 4.78 is 26.0. The Morgan fingerprint density at radius 2 is 1.74 bits per heavy atom. The lowest BCUT2D eigenvalue weighted by Crippen LogP contribution is -2.41. The van der Waals surface area contributed by atoms with Gasteiger partial charge >= 0.3 is 0 Å². The Balaban J connectivity index is 1.39. The van der Waals surface area contributed by atoms with Crippen molar-refractivity contribution in [3.8, 4) is 17.2 Å². The lowest BCUT2D eigenvalue weighted by atomic mass is 9.95. The number of nitrogens with zero attached hydrogens (tertiary/aromatic N) is 5. The second-order valence-electron chi connectivity index (χ2n) is 7.96. The first-order valence-corrected chi connectivity index (χ1v) is 10.8. The molecule has 3 aromatic rings. The first kappa shape index (κ1) is 23.1. The van der Waals surface area contributed by atoms with E-state index in [0.717, 1.165) is 0 Å². The number of nitrogens with one attached hydrogen (secondary N) is 1. The van der Waals surface area contributed by atoms with Crippen molar-refractivity contribution in [1.82, 2.24) is 25.1 Å². The number of benzene rings is 2. The van der Waals surface area contributed by atoms with Crippen LogP contribution in [0.1, 0.15) is 29.0 Å². The molecule has 0 atom stereocenters. The van der Waals surface area contributed by atoms with E-state index >= 15 is 0 Å². The van der Waals surface area contributed by atoms with Crippen LogP contribution in [0.3, 0.4) is 0 Å². The predicted molar refractivity (Wildman–Crippen MR) is 121 cm³/mol. The van der Waals surface area contributed by atoms with Crippen molar-refractivity contribution in [1.29, 1.82) is 0 Å². The van der Waals surface area contributed by atoms with Gasteiger partial charge in [0.05, 0.1) is 14.2 Å². The average Bonchev–Trinajstić information content (AvgIpc) is 3.29. The zero-order valence-electron chi connectivity index (χ0n) is 19.1. The number of hydrogen-bond acceptors (Lipinski definition) is 7. The summed E-state index contributed by atoms with van der Waals surface area (Å²) in [5, 5.41) is 13.9. The van der Waals surface area contributed by atoms with Crippen LogP contribution in [0.2, 0.25) is 0 Å². The molecule has 2 aromatic carbocycles. The number of piperidine rings is 1. The normalized spacial score (nSPS) is 14.1. The molecular formula is C23H25FN6O4. The van der Waals surface area contributed by atoms with Crippen molar-refractivity contribution in [3.63, 3.8) is 0 Å². The Hall–Kier alpha value is -4.02. The summed E-state index contributed by atoms with van der Waals surface area (Å²) in [6, 6.07) is 9.28. The molecule has 1 aromatic heterocycles. The molecule has 1 aliphatic rings. The van der Waals surface area contributed by atoms with Crippen LogP contribution in [-0.2, 0) is 4.79 Å². The summed E-state index contributed by atoms with van der Waals surface area (Å²) in [6.45, 7) is 2.53. The van der Waals surface area contributed by atoms with Crippen molar-refractivity contribution >= 4 is 17.5 Å². The highest BCUT2D eigenvalue weighted by molar-refractivity contribution is 5.96. The highest BCUT2D eigenvalue weighted by Crippen LogP contribution is 2.26. The minimum atomic E-state index is -0.505. The van der Waals surface area contributed by atoms with Gasteiger partial charge in [-0.15, -0.1) is 5.10 Å². The number of halogens is 1. The molecular weight excluding hydrogens is 443 g/mol. The number of hydrogen-bond donors (Lipinski definition) is 1. The molecule has 0 unspecified atom stereocenters. The Morgan fingerprint density at radius 1 is 1.06 bits per heavy atom. The number of carbonyl (C=O) groups excluding carboxylic acids is 2. The van der Waals surface area contributed by atoms with Crippen molar-refractivity contribution in [3.05, 3.63) is 53.6 Å². The zero-order chi connectivity index (χ0) is 24.2. The number of carbonyl (C=O) groups is 2. The predicted octanol–water partition coefficient (Wildman–Crippen LogP) is 2.62. The third-order valence-corrected chi connectivity index (χ3v) is 5.82.